The number of rotatable bonds is 6. The Morgan fingerprint density at radius 3 is 2.53 bits per heavy atom. The molecule has 4 heteroatoms. The van der Waals surface area contributed by atoms with E-state index in [1.165, 1.54) is 0 Å². The van der Waals surface area contributed by atoms with Crippen molar-refractivity contribution >= 4 is 11.6 Å². The van der Waals surface area contributed by atoms with Crippen LogP contribution in [0.5, 0.6) is 5.75 Å². The maximum absolute atomic E-state index is 5.75. The molecule has 1 atom stereocenters. The first kappa shape index (κ1) is 12.3. The third-order valence-corrected chi connectivity index (χ3v) is 2.17. The van der Waals surface area contributed by atoms with Gasteiger partial charge >= 0.3 is 0 Å². The first-order chi connectivity index (χ1) is 7.26. The number of hydrogen-bond donors (Lipinski definition) is 1. The van der Waals surface area contributed by atoms with Crippen LogP contribution in [0.4, 0.5) is 0 Å². The van der Waals surface area contributed by atoms with E-state index >= 15 is 0 Å². The molecule has 0 radical (unpaired) electrons. The molecule has 1 unspecified atom stereocenters. The second kappa shape index (κ2) is 6.67. The van der Waals surface area contributed by atoms with Crippen molar-refractivity contribution < 1.29 is 9.47 Å². The van der Waals surface area contributed by atoms with Crippen LogP contribution < -0.4 is 10.5 Å². The fourth-order valence-electron chi connectivity index (χ4n) is 1.14. The molecule has 1 aromatic rings. The highest BCUT2D eigenvalue weighted by atomic mass is 35.5. The summed E-state index contributed by atoms with van der Waals surface area (Å²) in [6.45, 7) is 3.50. The van der Waals surface area contributed by atoms with Gasteiger partial charge in [-0.15, -0.1) is 0 Å². The Hall–Kier alpha value is -0.770. The van der Waals surface area contributed by atoms with Crippen LogP contribution in [0.25, 0.3) is 0 Å². The molecule has 1 aromatic carbocycles. The van der Waals surface area contributed by atoms with E-state index < -0.39 is 0 Å². The smallest absolute Gasteiger partial charge is 0.119 e. The number of ether oxygens (including phenoxy) is 2. The molecule has 15 heavy (non-hydrogen) atoms. The van der Waals surface area contributed by atoms with Crippen LogP contribution in [0.15, 0.2) is 24.3 Å². The highest BCUT2D eigenvalue weighted by molar-refractivity contribution is 6.30. The van der Waals surface area contributed by atoms with Crippen LogP contribution in [-0.4, -0.2) is 25.9 Å². The summed E-state index contributed by atoms with van der Waals surface area (Å²) in [5.74, 6) is 0.776. The van der Waals surface area contributed by atoms with Crippen molar-refractivity contribution in [3.63, 3.8) is 0 Å². The Morgan fingerprint density at radius 1 is 1.33 bits per heavy atom. The lowest BCUT2D eigenvalue weighted by Gasteiger charge is -2.15. The zero-order valence-corrected chi connectivity index (χ0v) is 9.54. The highest BCUT2D eigenvalue weighted by Crippen LogP contribution is 2.15. The Bertz CT molecular complexity index is 276. The van der Waals surface area contributed by atoms with Crippen molar-refractivity contribution in [2.75, 3.05) is 19.8 Å². The molecule has 0 saturated carbocycles. The molecule has 0 spiro atoms. The Kier molecular flexibility index (Phi) is 5.47. The lowest BCUT2D eigenvalue weighted by molar-refractivity contribution is 0.0337. The normalized spacial score (nSPS) is 12.5. The number of hydrogen-bond acceptors (Lipinski definition) is 3. The molecule has 0 heterocycles. The summed E-state index contributed by atoms with van der Waals surface area (Å²) in [4.78, 5) is 0. The molecule has 0 amide bonds. The second-order valence-electron chi connectivity index (χ2n) is 3.08. The van der Waals surface area contributed by atoms with Crippen molar-refractivity contribution in [1.82, 2.24) is 0 Å². The minimum atomic E-state index is -0.0503. The maximum atomic E-state index is 5.75. The van der Waals surface area contributed by atoms with Gasteiger partial charge in [0.05, 0.1) is 0 Å². The van der Waals surface area contributed by atoms with Crippen molar-refractivity contribution in [1.29, 1.82) is 0 Å². The fourth-order valence-corrected chi connectivity index (χ4v) is 1.27. The first-order valence-electron chi connectivity index (χ1n) is 4.96. The highest BCUT2D eigenvalue weighted by Gasteiger charge is 2.06. The number of nitrogens with two attached hydrogens (primary N) is 1. The van der Waals surface area contributed by atoms with Crippen molar-refractivity contribution in [2.24, 2.45) is 5.73 Å². The van der Waals surface area contributed by atoms with Gasteiger partial charge in [-0.05, 0) is 31.2 Å². The third kappa shape index (κ3) is 4.51. The van der Waals surface area contributed by atoms with Gasteiger partial charge in [0.2, 0.25) is 0 Å². The Morgan fingerprint density at radius 2 is 2.00 bits per heavy atom. The van der Waals surface area contributed by atoms with Crippen LogP contribution in [0.2, 0.25) is 5.02 Å². The fraction of sp³-hybridized carbons (Fsp3) is 0.455. The molecule has 0 saturated heterocycles. The van der Waals surface area contributed by atoms with Crippen LogP contribution in [0.1, 0.15) is 6.92 Å². The van der Waals surface area contributed by atoms with Crippen molar-refractivity contribution in [3.8, 4) is 5.75 Å². The van der Waals surface area contributed by atoms with Crippen molar-refractivity contribution in [2.45, 2.75) is 13.0 Å². The Labute approximate surface area is 95.1 Å². The van der Waals surface area contributed by atoms with E-state index in [4.69, 9.17) is 26.8 Å². The van der Waals surface area contributed by atoms with E-state index in [9.17, 15) is 0 Å². The predicted octanol–water partition coefficient (Wildman–Crippen LogP) is 2.08. The molecule has 0 bridgehead atoms. The maximum Gasteiger partial charge on any atom is 0.119 e. The van der Waals surface area contributed by atoms with E-state index in [-0.39, 0.29) is 6.10 Å². The van der Waals surface area contributed by atoms with E-state index in [0.717, 1.165) is 5.75 Å². The lowest BCUT2D eigenvalue weighted by atomic mass is 10.3. The predicted molar refractivity (Wildman–Crippen MR) is 61.4 cm³/mol. The molecule has 0 aliphatic carbocycles. The largest absolute Gasteiger partial charge is 0.491 e. The monoisotopic (exact) mass is 229 g/mol. The molecular formula is C11H16ClNO2. The first-order valence-corrected chi connectivity index (χ1v) is 5.34. The molecule has 3 nitrogen and oxygen atoms in total. The van der Waals surface area contributed by atoms with E-state index in [1.54, 1.807) is 12.1 Å². The average molecular weight is 230 g/mol. The van der Waals surface area contributed by atoms with E-state index in [0.29, 0.717) is 24.8 Å². The van der Waals surface area contributed by atoms with E-state index in [1.807, 2.05) is 19.1 Å². The molecule has 0 fully saturated rings. The van der Waals surface area contributed by atoms with Gasteiger partial charge in [0, 0.05) is 18.2 Å². The summed E-state index contributed by atoms with van der Waals surface area (Å²) in [7, 11) is 0. The van der Waals surface area contributed by atoms with Crippen molar-refractivity contribution in [3.05, 3.63) is 29.3 Å². The van der Waals surface area contributed by atoms with Gasteiger partial charge < -0.3 is 15.2 Å². The van der Waals surface area contributed by atoms with Crippen LogP contribution in [0, 0.1) is 0 Å². The van der Waals surface area contributed by atoms with Crippen LogP contribution in [-0.2, 0) is 4.74 Å². The molecule has 1 rings (SSSR count). The molecule has 84 valence electrons. The summed E-state index contributed by atoms with van der Waals surface area (Å²) < 4.78 is 10.9. The summed E-state index contributed by atoms with van der Waals surface area (Å²) in [5.41, 5.74) is 5.52. The quantitative estimate of drug-likeness (QED) is 0.813. The summed E-state index contributed by atoms with van der Waals surface area (Å²) in [5, 5.41) is 0.697. The second-order valence-corrected chi connectivity index (χ2v) is 3.51. The van der Waals surface area contributed by atoms with Gasteiger partial charge in [0.15, 0.2) is 0 Å². The van der Waals surface area contributed by atoms with Crippen LogP contribution >= 0.6 is 11.6 Å². The standard InChI is InChI=1S/C11H16ClNO2/c1-2-14-11(7-13)8-15-10-5-3-9(12)4-6-10/h3-6,11H,2,7-8,13H2,1H3. The van der Waals surface area contributed by atoms with Gasteiger partial charge in [-0.3, -0.25) is 0 Å². The van der Waals surface area contributed by atoms with Gasteiger partial charge in [0.25, 0.3) is 0 Å². The Balaban J connectivity index is 2.38. The van der Waals surface area contributed by atoms with Gasteiger partial charge in [-0.2, -0.15) is 0 Å². The SMILES string of the molecule is CCOC(CN)COc1ccc(Cl)cc1. The molecule has 2 N–H and O–H groups in total. The number of benzene rings is 1. The third-order valence-electron chi connectivity index (χ3n) is 1.91. The average Bonchev–Trinajstić information content (AvgIpc) is 2.26. The summed E-state index contributed by atoms with van der Waals surface area (Å²) in [6.07, 6.45) is -0.0503. The molecule has 0 aliphatic heterocycles. The molecule has 0 aliphatic rings. The van der Waals surface area contributed by atoms with Gasteiger partial charge in [-0.1, -0.05) is 11.6 Å². The lowest BCUT2D eigenvalue weighted by Crippen LogP contribution is -2.30. The zero-order chi connectivity index (χ0) is 11.1. The number of halogens is 1. The minimum Gasteiger partial charge on any atom is -0.491 e. The summed E-state index contributed by atoms with van der Waals surface area (Å²) in [6, 6.07) is 7.22. The zero-order valence-electron chi connectivity index (χ0n) is 8.78. The van der Waals surface area contributed by atoms with Crippen LogP contribution in [0.3, 0.4) is 0 Å². The van der Waals surface area contributed by atoms with Gasteiger partial charge in [0.1, 0.15) is 18.5 Å². The van der Waals surface area contributed by atoms with Gasteiger partial charge in [-0.25, -0.2) is 0 Å². The summed E-state index contributed by atoms with van der Waals surface area (Å²) >= 11 is 5.75. The minimum absolute atomic E-state index is 0.0503. The topological polar surface area (TPSA) is 44.5 Å². The molecular weight excluding hydrogens is 214 g/mol. The molecule has 0 aromatic heterocycles. The van der Waals surface area contributed by atoms with E-state index in [2.05, 4.69) is 0 Å².